The van der Waals surface area contributed by atoms with Crippen LogP contribution in [-0.4, -0.2) is 186 Å². The summed E-state index contributed by atoms with van der Waals surface area (Å²) in [6.07, 6.45) is -2.86. The quantitative estimate of drug-likeness (QED) is 0.0422. The Morgan fingerprint density at radius 3 is 1.69 bits per heavy atom. The first kappa shape index (κ1) is 70.0. The largest absolute Gasteiger partial charge is 0.391 e. The Bertz CT molecular complexity index is 2780. The van der Waals surface area contributed by atoms with Crippen molar-refractivity contribution in [1.82, 2.24) is 63.5 Å². The number of aromatic nitrogens is 1. The SMILES string of the molecule is CC(C)C[C@@H]1NC(=O)[C@@H](Cc2ccccc2)NC(=O)[C@H](CCN)NC(=O)[C@@H](NC(=O)CNC(=O)[C@@H](NC(=O)[C@H](CCN)NC(=O)c2ccnc(-c3ccccc3)c2)[C@@H](C)O)CCNC(=O)[C@H]([C@@H](C)O)NC(=O)[C@H](CCN)NC(=O)[C@H](CCN)NC1=O. The van der Waals surface area contributed by atoms with Gasteiger partial charge in [-0.15, -0.1) is 0 Å². The molecule has 1 aliphatic heterocycles. The van der Waals surface area contributed by atoms with E-state index in [1.165, 1.54) is 32.2 Å². The number of carbonyl (C=O) groups excluding carboxylic acids is 11. The molecule has 1 saturated heterocycles. The average Bonchev–Trinajstić information content (AvgIpc) is 3.26. The van der Waals surface area contributed by atoms with Gasteiger partial charge in [-0.3, -0.25) is 57.7 Å². The lowest BCUT2D eigenvalue weighted by molar-refractivity contribution is -0.136. The van der Waals surface area contributed by atoms with Crippen molar-refractivity contribution in [3.05, 3.63) is 90.1 Å². The van der Waals surface area contributed by atoms with Gasteiger partial charge in [-0.25, -0.2) is 0 Å². The molecular formula is C57H84N16O13. The Hall–Kier alpha value is -8.48. The van der Waals surface area contributed by atoms with Crippen LogP contribution in [0, 0.1) is 5.92 Å². The lowest BCUT2D eigenvalue weighted by Crippen LogP contribution is -2.61. The van der Waals surface area contributed by atoms with Crippen LogP contribution in [0.1, 0.15) is 82.1 Å². The first-order valence-electron chi connectivity index (χ1n) is 28.5. The lowest BCUT2D eigenvalue weighted by atomic mass is 10.00. The average molecular weight is 1200 g/mol. The van der Waals surface area contributed by atoms with Crippen LogP contribution in [-0.2, 0) is 54.4 Å². The highest BCUT2D eigenvalue weighted by atomic mass is 16.3. The smallest absolute Gasteiger partial charge is 0.252 e. The highest BCUT2D eigenvalue weighted by Crippen LogP contribution is 2.18. The van der Waals surface area contributed by atoms with Crippen LogP contribution >= 0.6 is 0 Å². The number of aliphatic hydroxyl groups excluding tert-OH is 2. The van der Waals surface area contributed by atoms with Gasteiger partial charge < -0.3 is 91.6 Å². The molecule has 0 aliphatic carbocycles. The number of rotatable bonds is 23. The number of benzene rings is 2. The van der Waals surface area contributed by atoms with E-state index >= 15 is 0 Å². The molecule has 1 fully saturated rings. The van der Waals surface area contributed by atoms with Gasteiger partial charge in [0, 0.05) is 30.3 Å². The molecule has 470 valence electrons. The van der Waals surface area contributed by atoms with Crippen molar-refractivity contribution in [2.45, 2.75) is 139 Å². The number of aliphatic hydroxyl groups is 2. The van der Waals surface area contributed by atoms with Gasteiger partial charge in [0.15, 0.2) is 0 Å². The molecule has 1 aromatic heterocycles. The van der Waals surface area contributed by atoms with E-state index < -0.39 is 151 Å². The molecule has 4 rings (SSSR count). The van der Waals surface area contributed by atoms with Crippen molar-refractivity contribution in [2.24, 2.45) is 28.9 Å². The number of pyridine rings is 1. The molecule has 0 bridgehead atoms. The Balaban J connectivity index is 1.63. The highest BCUT2D eigenvalue weighted by molar-refractivity contribution is 6.00. The Morgan fingerprint density at radius 1 is 0.616 bits per heavy atom. The van der Waals surface area contributed by atoms with Crippen LogP contribution in [0.4, 0.5) is 0 Å². The third-order valence-corrected chi connectivity index (χ3v) is 13.6. The van der Waals surface area contributed by atoms with Gasteiger partial charge in [-0.2, -0.15) is 0 Å². The Labute approximate surface area is 498 Å². The first-order chi connectivity index (χ1) is 41.0. The molecule has 21 N–H and O–H groups in total. The van der Waals surface area contributed by atoms with E-state index in [4.69, 9.17) is 22.9 Å². The highest BCUT2D eigenvalue weighted by Gasteiger charge is 2.36. The van der Waals surface area contributed by atoms with Crippen LogP contribution in [0.15, 0.2) is 79.0 Å². The summed E-state index contributed by atoms with van der Waals surface area (Å²) in [4.78, 5) is 157. The van der Waals surface area contributed by atoms with Crippen LogP contribution in [0.25, 0.3) is 11.3 Å². The molecule has 0 saturated carbocycles. The Morgan fingerprint density at radius 2 is 1.14 bits per heavy atom. The zero-order valence-electron chi connectivity index (χ0n) is 48.8. The fourth-order valence-corrected chi connectivity index (χ4v) is 9.00. The van der Waals surface area contributed by atoms with Crippen molar-refractivity contribution >= 4 is 65.0 Å². The molecule has 11 amide bonds. The van der Waals surface area contributed by atoms with Gasteiger partial charge in [0.25, 0.3) is 5.91 Å². The third-order valence-electron chi connectivity index (χ3n) is 13.6. The molecule has 2 heterocycles. The molecule has 2 aromatic carbocycles. The standard InChI is InChI=1S/C57H84N16O13/c1-31(2)27-43-54(83)69-37(15-21-58)49(78)68-40(18-24-61)53(82)72-46(32(3)74)56(85)63-26-20-41(51(80)67-38(16-22-59)50(79)71-44(55(84)70-43)28-34-11-7-5-8-12-34)65-45(76)30-64-57(86)47(33(4)75)73-52(81)39(17-23-60)66-48(77)36-19-25-62-42(29-36)35-13-9-6-10-14-35/h5-14,19,25,29,31-33,37-41,43-44,46-47,74-75H,15-18,20-24,26-28,30,58-61H2,1-4H3,(H,63,85)(H,64,86)(H,65,76)(H,66,77)(H,67,80)(H,68,78)(H,69,83)(H,70,84)(H,71,79)(H,72,82)(H,73,81)/t32-,33-,37+,38+,39+,40+,41+,43+,44-,46+,47+/m1/s1. The van der Waals surface area contributed by atoms with Gasteiger partial charge in [-0.05, 0) is 102 Å². The maximum absolute atomic E-state index is 14.4. The van der Waals surface area contributed by atoms with Crippen LogP contribution in [0.2, 0.25) is 0 Å². The number of nitrogens with two attached hydrogens (primary N) is 4. The second-order valence-corrected chi connectivity index (χ2v) is 21.1. The minimum Gasteiger partial charge on any atom is -0.391 e. The van der Waals surface area contributed by atoms with Gasteiger partial charge in [0.1, 0.15) is 54.4 Å². The number of nitrogens with one attached hydrogen (secondary N) is 11. The predicted molar refractivity (Wildman–Crippen MR) is 315 cm³/mol. The molecule has 3 aromatic rings. The van der Waals surface area contributed by atoms with Crippen LogP contribution in [0.3, 0.4) is 0 Å². The molecule has 86 heavy (non-hydrogen) atoms. The monoisotopic (exact) mass is 1200 g/mol. The maximum atomic E-state index is 14.4. The van der Waals surface area contributed by atoms with Crippen LogP contribution in [0.5, 0.6) is 0 Å². The topological polar surface area (TPSA) is 478 Å². The van der Waals surface area contributed by atoms with Gasteiger partial charge in [0.2, 0.25) is 59.1 Å². The van der Waals surface area contributed by atoms with Crippen molar-refractivity contribution in [3.8, 4) is 11.3 Å². The molecule has 29 nitrogen and oxygen atoms in total. The van der Waals surface area contributed by atoms with E-state index in [1.54, 1.807) is 68.4 Å². The summed E-state index contributed by atoms with van der Waals surface area (Å²) in [6, 6.07) is 7.23. The molecule has 0 radical (unpaired) electrons. The molecule has 29 heteroatoms. The zero-order valence-corrected chi connectivity index (χ0v) is 48.8. The van der Waals surface area contributed by atoms with Gasteiger partial charge >= 0.3 is 0 Å². The minimum atomic E-state index is -1.71. The number of nitrogens with zero attached hydrogens (tertiary/aromatic N) is 1. The first-order valence-corrected chi connectivity index (χ1v) is 28.5. The van der Waals surface area contributed by atoms with Gasteiger partial charge in [-0.1, -0.05) is 74.5 Å². The third kappa shape index (κ3) is 22.5. The van der Waals surface area contributed by atoms with E-state index in [0.717, 1.165) is 5.56 Å². The molecule has 0 unspecified atom stereocenters. The van der Waals surface area contributed by atoms with Gasteiger partial charge in [0.05, 0.1) is 24.4 Å². The number of carbonyl (C=O) groups is 11. The fourth-order valence-electron chi connectivity index (χ4n) is 9.00. The summed E-state index contributed by atoms with van der Waals surface area (Å²) in [5.74, 6) is -10.3. The van der Waals surface area contributed by atoms with E-state index in [-0.39, 0.29) is 76.2 Å². The maximum Gasteiger partial charge on any atom is 0.252 e. The fraction of sp³-hybridized carbons (Fsp3) is 0.509. The summed E-state index contributed by atoms with van der Waals surface area (Å²) in [7, 11) is 0. The second kappa shape index (κ2) is 35.7. The summed E-state index contributed by atoms with van der Waals surface area (Å²) >= 11 is 0. The molecule has 1 aliphatic rings. The van der Waals surface area contributed by atoms with Crippen molar-refractivity contribution in [2.75, 3.05) is 39.3 Å². The summed E-state index contributed by atoms with van der Waals surface area (Å²) in [5, 5.41) is 49.1. The van der Waals surface area contributed by atoms with E-state index in [1.807, 2.05) is 6.07 Å². The van der Waals surface area contributed by atoms with E-state index in [9.17, 15) is 63.0 Å². The van der Waals surface area contributed by atoms with Crippen molar-refractivity contribution < 1.29 is 63.0 Å². The van der Waals surface area contributed by atoms with E-state index in [0.29, 0.717) is 11.3 Å². The molecular weight excluding hydrogens is 1120 g/mol. The molecule has 11 atom stereocenters. The summed E-state index contributed by atoms with van der Waals surface area (Å²) in [6.45, 7) is 4.08. The number of hydrogen-bond donors (Lipinski definition) is 17. The Kier molecular flexibility index (Phi) is 29.1. The van der Waals surface area contributed by atoms with Crippen molar-refractivity contribution in [3.63, 3.8) is 0 Å². The predicted octanol–water partition coefficient (Wildman–Crippen LogP) is -5.19. The summed E-state index contributed by atoms with van der Waals surface area (Å²) < 4.78 is 0. The van der Waals surface area contributed by atoms with Crippen LogP contribution < -0.4 is 81.4 Å². The van der Waals surface area contributed by atoms with E-state index in [2.05, 4.69) is 63.5 Å². The molecule has 0 spiro atoms. The minimum absolute atomic E-state index is 0.0452. The number of hydrogen-bond acceptors (Lipinski definition) is 18. The zero-order chi connectivity index (χ0) is 63.5. The normalized spacial score (nSPS) is 21.9. The van der Waals surface area contributed by atoms with Crippen molar-refractivity contribution in [1.29, 1.82) is 0 Å². The number of amides is 11. The lowest BCUT2D eigenvalue weighted by Gasteiger charge is -2.28. The summed E-state index contributed by atoms with van der Waals surface area (Å²) in [5.41, 5.74) is 25.4. The second-order valence-electron chi connectivity index (χ2n) is 21.1.